The lowest BCUT2D eigenvalue weighted by Gasteiger charge is -2.19. The highest BCUT2D eigenvalue weighted by atomic mass is 16.3. The van der Waals surface area contributed by atoms with Crippen LogP contribution in [0.25, 0.3) is 0 Å². The van der Waals surface area contributed by atoms with Crippen LogP contribution in [-0.4, -0.2) is 34.9 Å². The van der Waals surface area contributed by atoms with Gasteiger partial charge in [0.1, 0.15) is 0 Å². The van der Waals surface area contributed by atoms with Crippen molar-refractivity contribution < 1.29 is 15.0 Å². The lowest BCUT2D eigenvalue weighted by atomic mass is 10.0. The van der Waals surface area contributed by atoms with Gasteiger partial charge in [-0.25, -0.2) is 0 Å². The molecular weight excluding hydrogens is 855 g/mol. The van der Waals surface area contributed by atoms with Gasteiger partial charge in [-0.3, -0.25) is 4.79 Å². The second-order valence-electron chi connectivity index (χ2n) is 20.4. The van der Waals surface area contributed by atoms with E-state index in [1.54, 1.807) is 6.08 Å². The van der Waals surface area contributed by atoms with E-state index < -0.39 is 12.1 Å². The summed E-state index contributed by atoms with van der Waals surface area (Å²) >= 11 is 0. The van der Waals surface area contributed by atoms with Gasteiger partial charge in [0.15, 0.2) is 0 Å². The van der Waals surface area contributed by atoms with Gasteiger partial charge in [0, 0.05) is 6.42 Å². The van der Waals surface area contributed by atoms with E-state index in [0.717, 1.165) is 70.6 Å². The molecule has 0 saturated heterocycles. The molecule has 4 heteroatoms. The number of amides is 1. The summed E-state index contributed by atoms with van der Waals surface area (Å²) in [4.78, 5) is 12.5. The van der Waals surface area contributed by atoms with E-state index >= 15 is 0 Å². The van der Waals surface area contributed by atoms with Crippen molar-refractivity contribution in [2.45, 2.75) is 309 Å². The molecule has 4 nitrogen and oxygen atoms in total. The number of rotatable bonds is 55. The van der Waals surface area contributed by atoms with E-state index in [1.165, 1.54) is 205 Å². The maximum absolute atomic E-state index is 12.5. The molecule has 2 unspecified atom stereocenters. The van der Waals surface area contributed by atoms with Gasteiger partial charge in [0.2, 0.25) is 5.91 Å². The first-order valence-corrected chi connectivity index (χ1v) is 30.5. The zero-order chi connectivity index (χ0) is 50.6. The Morgan fingerprint density at radius 1 is 0.357 bits per heavy atom. The smallest absolute Gasteiger partial charge is 0.220 e. The molecule has 1 amide bonds. The maximum atomic E-state index is 12.5. The normalized spacial score (nSPS) is 13.5. The second kappa shape index (κ2) is 60.6. The van der Waals surface area contributed by atoms with Crippen LogP contribution in [0.1, 0.15) is 296 Å². The summed E-state index contributed by atoms with van der Waals surface area (Å²) in [5.41, 5.74) is 0. The molecule has 0 aliphatic rings. The van der Waals surface area contributed by atoms with E-state index in [-0.39, 0.29) is 12.5 Å². The van der Waals surface area contributed by atoms with E-state index in [9.17, 15) is 15.0 Å². The lowest BCUT2D eigenvalue weighted by Crippen LogP contribution is -2.45. The Bertz CT molecular complexity index is 1290. The molecule has 0 saturated carbocycles. The van der Waals surface area contributed by atoms with Gasteiger partial charge in [-0.2, -0.15) is 0 Å². The highest BCUT2D eigenvalue weighted by Gasteiger charge is 2.18. The van der Waals surface area contributed by atoms with Crippen LogP contribution in [0, 0.1) is 0 Å². The molecule has 0 aliphatic carbocycles. The standard InChI is InChI=1S/C66H117NO3/c1-3-5-7-9-11-13-15-17-19-21-22-23-24-25-26-27-28-29-30-31-32-33-34-35-36-37-38-39-40-41-42-43-44-46-48-50-52-54-56-58-60-62-66(70)67-64(63-68)65(69)61-59-57-55-53-51-49-47-45-20-18-16-14-12-10-8-6-4-2/h5,7,11,13,17,19-20,22-23,25-26,45,51,53,59,61,64-65,68-69H,3-4,6,8-10,12,14-16,18,21,24,27-44,46-50,52,54-58,60,62-63H2,1-2H3,(H,67,70)/b7-5-,13-11-,19-17-,23-22-,26-25-,45-20+,53-51+,61-59+. The second-order valence-corrected chi connectivity index (χ2v) is 20.4. The molecule has 0 aromatic heterocycles. The maximum Gasteiger partial charge on any atom is 0.220 e. The van der Waals surface area contributed by atoms with Gasteiger partial charge in [-0.15, -0.1) is 0 Å². The van der Waals surface area contributed by atoms with Crippen LogP contribution >= 0.6 is 0 Å². The number of hydrogen-bond donors (Lipinski definition) is 3. The SMILES string of the molecule is CC/C=C\C/C=C\C/C=C\C/C=C\C/C=C\CCCCCCCCCCCCCCCCCCCCCCCCCCCC(=O)NC(CO)C(O)/C=C/CC/C=C/CC/C=C/CCCCCCCCC. The number of unbranched alkanes of at least 4 members (excludes halogenated alkanes) is 34. The largest absolute Gasteiger partial charge is 0.394 e. The summed E-state index contributed by atoms with van der Waals surface area (Å²) in [5.74, 6) is -0.0758. The summed E-state index contributed by atoms with van der Waals surface area (Å²) < 4.78 is 0. The third-order valence-corrected chi connectivity index (χ3v) is 13.5. The molecule has 70 heavy (non-hydrogen) atoms. The van der Waals surface area contributed by atoms with Gasteiger partial charge in [0.25, 0.3) is 0 Å². The number of hydrogen-bond acceptors (Lipinski definition) is 3. The third kappa shape index (κ3) is 56.2. The summed E-state index contributed by atoms with van der Waals surface area (Å²) in [6.45, 7) is 4.18. The van der Waals surface area contributed by atoms with Crippen LogP contribution in [0.3, 0.4) is 0 Å². The average molecular weight is 973 g/mol. The molecule has 0 radical (unpaired) electrons. The molecular formula is C66H117NO3. The number of allylic oxidation sites excluding steroid dienone is 15. The van der Waals surface area contributed by atoms with Crippen LogP contribution < -0.4 is 5.32 Å². The molecule has 0 aromatic carbocycles. The summed E-state index contributed by atoms with van der Waals surface area (Å²) in [5, 5.41) is 23.1. The minimum atomic E-state index is -0.872. The monoisotopic (exact) mass is 972 g/mol. The van der Waals surface area contributed by atoms with Crippen molar-refractivity contribution in [3.8, 4) is 0 Å². The van der Waals surface area contributed by atoms with Gasteiger partial charge in [-0.05, 0) is 89.9 Å². The predicted octanol–water partition coefficient (Wildman–Crippen LogP) is 20.5. The van der Waals surface area contributed by atoms with Gasteiger partial charge in [-0.1, -0.05) is 297 Å². The Labute approximate surface area is 436 Å². The fourth-order valence-corrected chi connectivity index (χ4v) is 8.95. The Hall–Kier alpha value is -2.69. The Kier molecular flexibility index (Phi) is 58.3. The Balaban J connectivity index is 3.45. The zero-order valence-electron chi connectivity index (χ0n) is 46.5. The Morgan fingerprint density at radius 3 is 1.00 bits per heavy atom. The van der Waals surface area contributed by atoms with Crippen molar-refractivity contribution in [3.63, 3.8) is 0 Å². The van der Waals surface area contributed by atoms with E-state index in [0.29, 0.717) is 6.42 Å². The number of aliphatic hydroxyl groups excluding tert-OH is 2. The minimum Gasteiger partial charge on any atom is -0.394 e. The van der Waals surface area contributed by atoms with Crippen molar-refractivity contribution in [2.75, 3.05) is 6.61 Å². The van der Waals surface area contributed by atoms with Crippen LogP contribution in [-0.2, 0) is 4.79 Å². The molecule has 0 rings (SSSR count). The fraction of sp³-hybridized carbons (Fsp3) is 0.742. The zero-order valence-corrected chi connectivity index (χ0v) is 46.5. The van der Waals surface area contributed by atoms with Crippen molar-refractivity contribution in [2.24, 2.45) is 0 Å². The van der Waals surface area contributed by atoms with Crippen LogP contribution in [0.4, 0.5) is 0 Å². The molecule has 3 N–H and O–H groups in total. The van der Waals surface area contributed by atoms with Gasteiger partial charge in [0.05, 0.1) is 18.8 Å². The third-order valence-electron chi connectivity index (χ3n) is 13.5. The molecule has 0 fully saturated rings. The minimum absolute atomic E-state index is 0.0758. The summed E-state index contributed by atoms with van der Waals surface area (Å²) in [6.07, 6.45) is 90.3. The van der Waals surface area contributed by atoms with Crippen LogP contribution in [0.2, 0.25) is 0 Å². The van der Waals surface area contributed by atoms with Crippen molar-refractivity contribution in [1.29, 1.82) is 0 Å². The first-order chi connectivity index (χ1) is 34.7. The summed E-state index contributed by atoms with van der Waals surface area (Å²) in [7, 11) is 0. The first kappa shape index (κ1) is 67.3. The first-order valence-electron chi connectivity index (χ1n) is 30.5. The molecule has 404 valence electrons. The van der Waals surface area contributed by atoms with Crippen LogP contribution in [0.5, 0.6) is 0 Å². The van der Waals surface area contributed by atoms with Crippen molar-refractivity contribution in [3.05, 3.63) is 97.2 Å². The van der Waals surface area contributed by atoms with E-state index in [4.69, 9.17) is 0 Å². The van der Waals surface area contributed by atoms with Gasteiger partial charge >= 0.3 is 0 Å². The molecule has 0 spiro atoms. The number of nitrogens with one attached hydrogen (secondary N) is 1. The summed E-state index contributed by atoms with van der Waals surface area (Å²) in [6, 6.07) is -0.648. The van der Waals surface area contributed by atoms with E-state index in [1.807, 2.05) is 6.08 Å². The highest BCUT2D eigenvalue weighted by Crippen LogP contribution is 2.17. The molecule has 0 aliphatic heterocycles. The molecule has 0 aromatic rings. The molecule has 0 heterocycles. The van der Waals surface area contributed by atoms with Crippen molar-refractivity contribution in [1.82, 2.24) is 5.32 Å². The fourth-order valence-electron chi connectivity index (χ4n) is 8.95. The molecule has 0 bridgehead atoms. The average Bonchev–Trinajstić information content (AvgIpc) is 3.36. The topological polar surface area (TPSA) is 69.6 Å². The van der Waals surface area contributed by atoms with Crippen LogP contribution in [0.15, 0.2) is 97.2 Å². The predicted molar refractivity (Wildman–Crippen MR) is 313 cm³/mol. The lowest BCUT2D eigenvalue weighted by molar-refractivity contribution is -0.123. The number of carbonyl (C=O) groups is 1. The van der Waals surface area contributed by atoms with Crippen molar-refractivity contribution >= 4 is 5.91 Å². The quantitative estimate of drug-likeness (QED) is 0.0420. The Morgan fingerprint density at radius 2 is 0.643 bits per heavy atom. The number of aliphatic hydroxyl groups is 2. The van der Waals surface area contributed by atoms with Gasteiger partial charge < -0.3 is 15.5 Å². The molecule has 2 atom stereocenters. The van der Waals surface area contributed by atoms with E-state index in [2.05, 4.69) is 104 Å². The highest BCUT2D eigenvalue weighted by molar-refractivity contribution is 5.76. The number of carbonyl (C=O) groups excluding carboxylic acids is 1.